The van der Waals surface area contributed by atoms with Crippen molar-refractivity contribution in [2.45, 2.75) is 12.8 Å². The number of halogens is 1. The van der Waals surface area contributed by atoms with Crippen LogP contribution in [0.2, 0.25) is 0 Å². The van der Waals surface area contributed by atoms with Crippen LogP contribution in [-0.4, -0.2) is 3.72 Å². The van der Waals surface area contributed by atoms with Crippen LogP contribution in [0.1, 0.15) is 12.8 Å². The molecule has 0 saturated heterocycles. The van der Waals surface area contributed by atoms with E-state index >= 15 is 0 Å². The van der Waals surface area contributed by atoms with Crippen LogP contribution in [0.5, 0.6) is 0 Å². The number of rotatable bonds is 2. The molecule has 0 unspecified atom stereocenters. The summed E-state index contributed by atoms with van der Waals surface area (Å²) in [5, 5.41) is 7.47. The molecule has 0 bridgehead atoms. The van der Waals surface area contributed by atoms with Gasteiger partial charge in [-0.05, 0) is 46.6 Å². The Kier molecular flexibility index (Phi) is 3.05. The summed E-state index contributed by atoms with van der Waals surface area (Å²) < 4.78 is 0.641. The molecule has 0 aromatic carbocycles. The van der Waals surface area contributed by atoms with Crippen LogP contribution in [0.4, 0.5) is 0 Å². The third-order valence-corrected chi connectivity index (χ3v) is 2.34. The zero-order valence-electron chi connectivity index (χ0n) is 6.23. The van der Waals surface area contributed by atoms with Gasteiger partial charge in [0.15, 0.2) is 0 Å². The van der Waals surface area contributed by atoms with E-state index in [4.69, 9.17) is 5.41 Å². The fourth-order valence-electron chi connectivity index (χ4n) is 1.11. The highest BCUT2D eigenvalue weighted by Crippen LogP contribution is 2.22. The Labute approximate surface area is 80.5 Å². The molecule has 1 nitrogen and oxygen atoms in total. The molecule has 0 fully saturated rings. The molecule has 0 atom stereocenters. The standard InChI is InChI=1S/C9H10IN/c1-2-7-5-3-4-6-8(7)9(10)11/h2-3,5,11H,1,4,6H2. The van der Waals surface area contributed by atoms with E-state index in [2.05, 4.69) is 12.7 Å². The highest BCUT2D eigenvalue weighted by atomic mass is 127. The van der Waals surface area contributed by atoms with Crippen LogP contribution < -0.4 is 0 Å². The molecular formula is C9H10IN. The molecule has 11 heavy (non-hydrogen) atoms. The molecule has 0 radical (unpaired) electrons. The van der Waals surface area contributed by atoms with Crippen molar-refractivity contribution in [1.29, 1.82) is 5.41 Å². The van der Waals surface area contributed by atoms with Gasteiger partial charge in [-0.15, -0.1) is 0 Å². The highest BCUT2D eigenvalue weighted by Gasteiger charge is 2.07. The number of hydrogen-bond donors (Lipinski definition) is 1. The van der Waals surface area contributed by atoms with Gasteiger partial charge in [-0.25, -0.2) is 0 Å². The van der Waals surface area contributed by atoms with E-state index < -0.39 is 0 Å². The van der Waals surface area contributed by atoms with E-state index in [9.17, 15) is 0 Å². The van der Waals surface area contributed by atoms with Gasteiger partial charge in [-0.3, -0.25) is 5.41 Å². The van der Waals surface area contributed by atoms with Gasteiger partial charge < -0.3 is 0 Å². The zero-order chi connectivity index (χ0) is 8.27. The highest BCUT2D eigenvalue weighted by molar-refractivity contribution is 14.1. The van der Waals surface area contributed by atoms with Crippen LogP contribution in [0.25, 0.3) is 0 Å². The second-order valence-electron chi connectivity index (χ2n) is 2.39. The lowest BCUT2D eigenvalue weighted by Crippen LogP contribution is -1.98. The van der Waals surface area contributed by atoms with Crippen molar-refractivity contribution >= 4 is 26.3 Å². The predicted octanol–water partition coefficient (Wildman–Crippen LogP) is 3.23. The molecular weight excluding hydrogens is 249 g/mol. The minimum Gasteiger partial charge on any atom is -0.294 e. The van der Waals surface area contributed by atoms with Crippen molar-refractivity contribution in [2.75, 3.05) is 0 Å². The Morgan fingerprint density at radius 2 is 2.45 bits per heavy atom. The Bertz CT molecular complexity index is 248. The Morgan fingerprint density at radius 3 is 2.91 bits per heavy atom. The summed E-state index contributed by atoms with van der Waals surface area (Å²) in [6.07, 6.45) is 8.02. The average molecular weight is 259 g/mol. The molecule has 0 spiro atoms. The molecule has 58 valence electrons. The maximum atomic E-state index is 7.47. The number of allylic oxidation sites excluding steroid dienone is 5. The largest absolute Gasteiger partial charge is 0.294 e. The van der Waals surface area contributed by atoms with E-state index in [0.29, 0.717) is 3.72 Å². The summed E-state index contributed by atoms with van der Waals surface area (Å²) in [5.41, 5.74) is 2.23. The minimum absolute atomic E-state index is 0.641. The van der Waals surface area contributed by atoms with Crippen molar-refractivity contribution in [3.8, 4) is 0 Å². The first kappa shape index (κ1) is 8.71. The third-order valence-electron chi connectivity index (χ3n) is 1.69. The summed E-state index contributed by atoms with van der Waals surface area (Å²) >= 11 is 2.04. The molecule has 0 heterocycles. The van der Waals surface area contributed by atoms with E-state index in [-0.39, 0.29) is 0 Å². The molecule has 0 aliphatic heterocycles. The van der Waals surface area contributed by atoms with E-state index in [1.165, 1.54) is 0 Å². The molecule has 0 amide bonds. The van der Waals surface area contributed by atoms with Gasteiger partial charge >= 0.3 is 0 Å². The SMILES string of the molecule is C=CC1=C(C(=N)I)CCC=C1. The minimum atomic E-state index is 0.641. The number of hydrogen-bond acceptors (Lipinski definition) is 1. The lowest BCUT2D eigenvalue weighted by atomic mass is 9.99. The predicted molar refractivity (Wildman–Crippen MR) is 57.3 cm³/mol. The molecule has 0 aromatic heterocycles. The van der Waals surface area contributed by atoms with Gasteiger partial charge in [0, 0.05) is 0 Å². The second kappa shape index (κ2) is 3.85. The van der Waals surface area contributed by atoms with Gasteiger partial charge in [0.1, 0.15) is 0 Å². The van der Waals surface area contributed by atoms with E-state index in [1.54, 1.807) is 0 Å². The van der Waals surface area contributed by atoms with Crippen molar-refractivity contribution in [3.63, 3.8) is 0 Å². The topological polar surface area (TPSA) is 23.9 Å². The summed E-state index contributed by atoms with van der Waals surface area (Å²) in [4.78, 5) is 0. The van der Waals surface area contributed by atoms with E-state index in [0.717, 1.165) is 24.0 Å². The smallest absolute Gasteiger partial charge is 0.0957 e. The lowest BCUT2D eigenvalue weighted by molar-refractivity contribution is 0.994. The van der Waals surface area contributed by atoms with E-state index in [1.807, 2.05) is 34.7 Å². The maximum Gasteiger partial charge on any atom is 0.0957 e. The molecule has 0 aromatic rings. The molecule has 2 heteroatoms. The van der Waals surface area contributed by atoms with Crippen LogP contribution in [-0.2, 0) is 0 Å². The average Bonchev–Trinajstić information content (AvgIpc) is 2.04. The molecule has 1 rings (SSSR count). The Hall–Kier alpha value is -0.380. The fraction of sp³-hybridized carbons (Fsp3) is 0.222. The zero-order valence-corrected chi connectivity index (χ0v) is 8.39. The number of nitrogens with one attached hydrogen (secondary N) is 1. The van der Waals surface area contributed by atoms with Crippen molar-refractivity contribution < 1.29 is 0 Å². The molecule has 1 N–H and O–H groups in total. The summed E-state index contributed by atoms with van der Waals surface area (Å²) in [7, 11) is 0. The van der Waals surface area contributed by atoms with Gasteiger partial charge in [0.2, 0.25) is 0 Å². The monoisotopic (exact) mass is 259 g/mol. The van der Waals surface area contributed by atoms with Gasteiger partial charge in [0.05, 0.1) is 3.72 Å². The first-order valence-electron chi connectivity index (χ1n) is 3.52. The lowest BCUT2D eigenvalue weighted by Gasteiger charge is -2.10. The van der Waals surface area contributed by atoms with Crippen LogP contribution >= 0.6 is 22.6 Å². The summed E-state index contributed by atoms with van der Waals surface area (Å²) in [6.45, 7) is 3.71. The maximum absolute atomic E-state index is 7.47. The molecule has 0 saturated carbocycles. The molecule has 1 aliphatic carbocycles. The first-order valence-corrected chi connectivity index (χ1v) is 4.60. The van der Waals surface area contributed by atoms with Gasteiger partial charge in [-0.1, -0.05) is 24.8 Å². The van der Waals surface area contributed by atoms with Crippen molar-refractivity contribution in [2.24, 2.45) is 0 Å². The second-order valence-corrected chi connectivity index (χ2v) is 3.47. The van der Waals surface area contributed by atoms with Crippen molar-refractivity contribution in [1.82, 2.24) is 0 Å². The third kappa shape index (κ3) is 2.02. The summed E-state index contributed by atoms with van der Waals surface area (Å²) in [5.74, 6) is 0. The van der Waals surface area contributed by atoms with Crippen molar-refractivity contribution in [3.05, 3.63) is 36.0 Å². The quantitative estimate of drug-likeness (QED) is 0.581. The first-order chi connectivity index (χ1) is 5.25. The Balaban J connectivity index is 3.00. The van der Waals surface area contributed by atoms with Gasteiger partial charge in [0.25, 0.3) is 0 Å². The summed E-state index contributed by atoms with van der Waals surface area (Å²) in [6, 6.07) is 0. The Morgan fingerprint density at radius 1 is 1.73 bits per heavy atom. The van der Waals surface area contributed by atoms with Gasteiger partial charge in [-0.2, -0.15) is 0 Å². The van der Waals surface area contributed by atoms with Crippen LogP contribution in [0.15, 0.2) is 36.0 Å². The molecule has 1 aliphatic rings. The van der Waals surface area contributed by atoms with Crippen LogP contribution in [0, 0.1) is 5.41 Å². The van der Waals surface area contributed by atoms with Crippen LogP contribution in [0.3, 0.4) is 0 Å². The normalized spacial score (nSPS) is 16.8. The fourth-order valence-corrected chi connectivity index (χ4v) is 1.69.